The van der Waals surface area contributed by atoms with Crippen LogP contribution in [-0.4, -0.2) is 43.9 Å². The van der Waals surface area contributed by atoms with Gasteiger partial charge in [-0.1, -0.05) is 0 Å². The second-order valence-electron chi connectivity index (χ2n) is 4.29. The fraction of sp³-hybridized carbons (Fsp3) is 0.625. The summed E-state index contributed by atoms with van der Waals surface area (Å²) in [5, 5.41) is 20.2. The number of aliphatic hydroxyl groups is 1. The van der Waals surface area contributed by atoms with E-state index >= 15 is 0 Å². The average molecular weight is 314 g/mol. The molecule has 0 saturated carbocycles. The van der Waals surface area contributed by atoms with Gasteiger partial charge in [-0.05, 0) is 34.9 Å². The molecule has 11 heteroatoms. The van der Waals surface area contributed by atoms with Crippen LogP contribution in [0.15, 0.2) is 6.20 Å². The van der Waals surface area contributed by atoms with E-state index < -0.39 is 32.2 Å². The smallest absolute Gasteiger partial charge is 0.383 e. The lowest BCUT2D eigenvalue weighted by Crippen LogP contribution is -2.32. The van der Waals surface area contributed by atoms with E-state index in [4.69, 9.17) is 16.2 Å². The summed E-state index contributed by atoms with van der Waals surface area (Å²) in [6, 6.07) is 0. The SMILES string of the molecule is C[C@@](O)(CCS(=O)(=O)O)Cn1cc([N+](=O)[O-])nc1Cl. The molecule has 0 aromatic carbocycles. The van der Waals surface area contributed by atoms with Gasteiger partial charge in [-0.3, -0.25) is 9.12 Å². The Hall–Kier alpha value is -1.23. The van der Waals surface area contributed by atoms with Crippen LogP contribution in [0.3, 0.4) is 0 Å². The van der Waals surface area contributed by atoms with Crippen LogP contribution < -0.4 is 0 Å². The van der Waals surface area contributed by atoms with Crippen LogP contribution in [-0.2, 0) is 16.7 Å². The van der Waals surface area contributed by atoms with Crippen LogP contribution in [0.1, 0.15) is 13.3 Å². The molecule has 0 spiro atoms. The van der Waals surface area contributed by atoms with E-state index in [1.807, 2.05) is 0 Å². The van der Waals surface area contributed by atoms with Crippen molar-refractivity contribution in [2.45, 2.75) is 25.5 Å². The molecule has 0 aliphatic rings. The molecule has 108 valence electrons. The minimum Gasteiger partial charge on any atom is -0.388 e. The average Bonchev–Trinajstić information content (AvgIpc) is 2.56. The molecular weight excluding hydrogens is 302 g/mol. The normalized spacial score (nSPS) is 15.2. The summed E-state index contributed by atoms with van der Waals surface area (Å²) in [5.74, 6) is -1.11. The van der Waals surface area contributed by atoms with E-state index in [0.29, 0.717) is 0 Å². The maximum atomic E-state index is 10.6. The maximum absolute atomic E-state index is 10.6. The zero-order valence-corrected chi connectivity index (χ0v) is 11.4. The van der Waals surface area contributed by atoms with Gasteiger partial charge in [-0.2, -0.15) is 8.42 Å². The molecule has 0 bridgehead atoms. The zero-order valence-electron chi connectivity index (χ0n) is 9.85. The molecular formula is C8H12ClN3O6S. The van der Waals surface area contributed by atoms with E-state index in [9.17, 15) is 23.6 Å². The Morgan fingerprint density at radius 1 is 1.63 bits per heavy atom. The molecule has 1 rings (SSSR count). The molecule has 0 unspecified atom stereocenters. The molecule has 0 saturated heterocycles. The number of halogens is 1. The van der Waals surface area contributed by atoms with E-state index in [1.165, 1.54) is 6.92 Å². The number of hydrogen-bond acceptors (Lipinski definition) is 6. The van der Waals surface area contributed by atoms with Crippen molar-refractivity contribution < 1.29 is 23.0 Å². The maximum Gasteiger partial charge on any atom is 0.383 e. The van der Waals surface area contributed by atoms with Crippen molar-refractivity contribution in [3.63, 3.8) is 0 Å². The van der Waals surface area contributed by atoms with Crippen molar-refractivity contribution in [2.24, 2.45) is 0 Å². The van der Waals surface area contributed by atoms with Crippen LogP contribution in [0.5, 0.6) is 0 Å². The third kappa shape index (κ3) is 5.11. The second kappa shape index (κ2) is 5.41. The number of hydrogen-bond donors (Lipinski definition) is 2. The molecule has 0 radical (unpaired) electrons. The molecule has 0 amide bonds. The van der Waals surface area contributed by atoms with Gasteiger partial charge in [0.15, 0.2) is 0 Å². The second-order valence-corrected chi connectivity index (χ2v) is 6.20. The molecule has 19 heavy (non-hydrogen) atoms. The van der Waals surface area contributed by atoms with Crippen LogP contribution in [0.4, 0.5) is 5.82 Å². The van der Waals surface area contributed by atoms with Gasteiger partial charge in [0, 0.05) is 0 Å². The van der Waals surface area contributed by atoms with Crippen molar-refractivity contribution in [3.05, 3.63) is 21.6 Å². The van der Waals surface area contributed by atoms with Gasteiger partial charge in [0.25, 0.3) is 10.1 Å². The molecule has 2 N–H and O–H groups in total. The van der Waals surface area contributed by atoms with Crippen molar-refractivity contribution in [1.82, 2.24) is 9.55 Å². The molecule has 0 aliphatic carbocycles. The first-order chi connectivity index (χ1) is 8.50. The minimum absolute atomic E-state index is 0.192. The van der Waals surface area contributed by atoms with Crippen molar-refractivity contribution in [3.8, 4) is 0 Å². The highest BCUT2D eigenvalue weighted by Crippen LogP contribution is 2.20. The summed E-state index contributed by atoms with van der Waals surface area (Å²) in [7, 11) is -4.19. The molecule has 0 fully saturated rings. The topological polar surface area (TPSA) is 136 Å². The Balaban J connectivity index is 2.80. The molecule has 0 aliphatic heterocycles. The standard InChI is InChI=1S/C8H12ClN3O6S/c1-8(13,2-3-19(16,17)18)5-11-4-6(12(14)15)10-7(11)9/h4,13H,2-3,5H2,1H3,(H,16,17,18)/t8-/m1/s1. The van der Waals surface area contributed by atoms with Gasteiger partial charge in [0.2, 0.25) is 0 Å². The Bertz CT molecular complexity index is 581. The van der Waals surface area contributed by atoms with E-state index in [0.717, 1.165) is 10.8 Å². The Labute approximate surface area is 113 Å². The summed E-state index contributed by atoms with van der Waals surface area (Å²) >= 11 is 5.65. The zero-order chi connectivity index (χ0) is 14.8. The summed E-state index contributed by atoms with van der Waals surface area (Å²) < 4.78 is 30.9. The fourth-order valence-corrected chi connectivity index (χ4v) is 2.27. The monoisotopic (exact) mass is 313 g/mol. The molecule has 1 atom stereocenters. The van der Waals surface area contributed by atoms with Gasteiger partial charge < -0.3 is 15.2 Å². The van der Waals surface area contributed by atoms with E-state index in [-0.39, 0.29) is 18.2 Å². The summed E-state index contributed by atoms with van der Waals surface area (Å²) in [5.41, 5.74) is -1.52. The third-order valence-electron chi connectivity index (χ3n) is 2.31. The molecule has 9 nitrogen and oxygen atoms in total. The molecule has 1 heterocycles. The van der Waals surface area contributed by atoms with Gasteiger partial charge in [0.1, 0.15) is 6.20 Å². The number of imidazole rings is 1. The van der Waals surface area contributed by atoms with Crippen molar-refractivity contribution in [2.75, 3.05) is 5.75 Å². The summed E-state index contributed by atoms with van der Waals surface area (Å²) in [6.07, 6.45) is 0.776. The highest BCUT2D eigenvalue weighted by Gasteiger charge is 2.27. The van der Waals surface area contributed by atoms with E-state index in [1.54, 1.807) is 0 Å². The fourth-order valence-electron chi connectivity index (χ4n) is 1.37. The number of rotatable bonds is 6. The highest BCUT2D eigenvalue weighted by molar-refractivity contribution is 7.85. The quantitative estimate of drug-likeness (QED) is 0.442. The molecule has 1 aromatic heterocycles. The molecule has 1 aromatic rings. The Morgan fingerprint density at radius 2 is 2.21 bits per heavy atom. The van der Waals surface area contributed by atoms with E-state index in [2.05, 4.69) is 4.98 Å². The number of nitro groups is 1. The predicted octanol–water partition coefficient (Wildman–Crippen LogP) is 0.474. The summed E-state index contributed by atoms with van der Waals surface area (Å²) in [6.45, 7) is 1.13. The lowest BCUT2D eigenvalue weighted by atomic mass is 10.0. The summed E-state index contributed by atoms with van der Waals surface area (Å²) in [4.78, 5) is 13.2. The predicted molar refractivity (Wildman–Crippen MR) is 65.5 cm³/mol. The van der Waals surface area contributed by atoms with Crippen LogP contribution in [0, 0.1) is 10.1 Å². The first-order valence-corrected chi connectivity index (χ1v) is 7.03. The van der Waals surface area contributed by atoms with Crippen molar-refractivity contribution in [1.29, 1.82) is 0 Å². The first kappa shape index (κ1) is 15.8. The third-order valence-corrected chi connectivity index (χ3v) is 3.33. The van der Waals surface area contributed by atoms with Gasteiger partial charge in [-0.15, -0.1) is 0 Å². The minimum atomic E-state index is -4.19. The van der Waals surface area contributed by atoms with Crippen LogP contribution in [0.2, 0.25) is 5.28 Å². The van der Waals surface area contributed by atoms with Gasteiger partial charge in [0.05, 0.1) is 17.9 Å². The highest BCUT2D eigenvalue weighted by atomic mass is 35.5. The Morgan fingerprint density at radius 3 is 2.63 bits per heavy atom. The number of aromatic nitrogens is 2. The first-order valence-electron chi connectivity index (χ1n) is 5.05. The van der Waals surface area contributed by atoms with Gasteiger partial charge >= 0.3 is 11.1 Å². The lowest BCUT2D eigenvalue weighted by Gasteiger charge is -2.22. The van der Waals surface area contributed by atoms with Gasteiger partial charge in [-0.25, -0.2) is 0 Å². The van der Waals surface area contributed by atoms with Crippen LogP contribution >= 0.6 is 11.6 Å². The van der Waals surface area contributed by atoms with Crippen LogP contribution in [0.25, 0.3) is 0 Å². The Kier molecular flexibility index (Phi) is 4.50. The number of nitrogens with zero attached hydrogens (tertiary/aromatic N) is 3. The lowest BCUT2D eigenvalue weighted by molar-refractivity contribution is -0.389. The largest absolute Gasteiger partial charge is 0.388 e. The van der Waals surface area contributed by atoms with Crippen molar-refractivity contribution >= 4 is 27.5 Å².